The van der Waals surface area contributed by atoms with Gasteiger partial charge in [-0.2, -0.15) is 0 Å². The Labute approximate surface area is 102 Å². The average Bonchev–Trinajstić information content (AvgIpc) is 2.23. The van der Waals surface area contributed by atoms with Gasteiger partial charge in [0.25, 0.3) is 0 Å². The average molecular weight is 277 g/mol. The van der Waals surface area contributed by atoms with Crippen LogP contribution in [0.25, 0.3) is 11.1 Å². The molecule has 0 unspecified atom stereocenters. The molecule has 2 heteroatoms. The van der Waals surface area contributed by atoms with Gasteiger partial charge in [0.05, 0.1) is 0 Å². The van der Waals surface area contributed by atoms with Crippen LogP contribution >= 0.6 is 27.7 Å². The summed E-state index contributed by atoms with van der Waals surface area (Å²) >= 11 is 5.28. The standard InChI is InChI=1S/C13H9BrS/c1-8-6-12-11(8)7-13(12)15-10-4-2-9(14)3-5-10/h2-7H,1H3. The molecule has 0 aromatic heterocycles. The van der Waals surface area contributed by atoms with Gasteiger partial charge in [-0.1, -0.05) is 27.7 Å². The topological polar surface area (TPSA) is 0 Å². The molecule has 0 radical (unpaired) electrons. The Morgan fingerprint density at radius 3 is 2.27 bits per heavy atom. The summed E-state index contributed by atoms with van der Waals surface area (Å²) in [7, 11) is 0. The van der Waals surface area contributed by atoms with Gasteiger partial charge in [0.15, 0.2) is 0 Å². The quantitative estimate of drug-likeness (QED) is 0.642. The van der Waals surface area contributed by atoms with Crippen molar-refractivity contribution < 1.29 is 0 Å². The van der Waals surface area contributed by atoms with Crippen LogP contribution in [-0.4, -0.2) is 0 Å². The Hall–Kier alpha value is -0.730. The molecule has 1 aromatic carbocycles. The molecule has 0 atom stereocenters. The van der Waals surface area contributed by atoms with Gasteiger partial charge >= 0.3 is 0 Å². The molecule has 15 heavy (non-hydrogen) atoms. The van der Waals surface area contributed by atoms with Crippen molar-refractivity contribution in [2.75, 3.05) is 0 Å². The van der Waals surface area contributed by atoms with Crippen molar-refractivity contribution in [3.63, 3.8) is 0 Å². The van der Waals surface area contributed by atoms with Gasteiger partial charge in [0, 0.05) is 14.3 Å². The lowest BCUT2D eigenvalue weighted by atomic mass is 9.87. The molecule has 0 fully saturated rings. The summed E-state index contributed by atoms with van der Waals surface area (Å²) in [5.41, 5.74) is 4.32. The molecule has 0 bridgehead atoms. The number of aryl methyl sites for hydroxylation is 1. The number of hydrogen-bond acceptors (Lipinski definition) is 1. The van der Waals surface area contributed by atoms with E-state index in [-0.39, 0.29) is 0 Å². The van der Waals surface area contributed by atoms with E-state index in [0.717, 1.165) is 4.47 Å². The highest BCUT2D eigenvalue weighted by Crippen LogP contribution is 2.48. The molecule has 0 saturated heterocycles. The van der Waals surface area contributed by atoms with Crippen molar-refractivity contribution in [2.45, 2.75) is 16.7 Å². The Balaban J connectivity index is 1.83. The fourth-order valence-corrected chi connectivity index (χ4v) is 2.99. The monoisotopic (exact) mass is 276 g/mol. The molecule has 0 nitrogen and oxygen atoms in total. The van der Waals surface area contributed by atoms with E-state index in [1.165, 1.54) is 26.5 Å². The van der Waals surface area contributed by atoms with E-state index in [0.29, 0.717) is 0 Å². The van der Waals surface area contributed by atoms with Gasteiger partial charge in [-0.25, -0.2) is 0 Å². The Bertz CT molecular complexity index is 519. The summed E-state index contributed by atoms with van der Waals surface area (Å²) in [5.74, 6) is 0. The summed E-state index contributed by atoms with van der Waals surface area (Å²) in [5, 5.41) is 0. The second-order valence-electron chi connectivity index (χ2n) is 3.72. The lowest BCUT2D eigenvalue weighted by Gasteiger charge is -2.24. The van der Waals surface area contributed by atoms with Gasteiger partial charge in [0.2, 0.25) is 0 Å². The van der Waals surface area contributed by atoms with E-state index in [1.54, 1.807) is 0 Å². The van der Waals surface area contributed by atoms with Crippen molar-refractivity contribution in [1.82, 2.24) is 0 Å². The van der Waals surface area contributed by atoms with Crippen LogP contribution in [0.4, 0.5) is 0 Å². The minimum Gasteiger partial charge on any atom is -0.0894 e. The zero-order valence-corrected chi connectivity index (χ0v) is 10.7. The van der Waals surface area contributed by atoms with E-state index in [4.69, 9.17) is 0 Å². The van der Waals surface area contributed by atoms with Crippen molar-refractivity contribution in [3.8, 4) is 11.1 Å². The third-order valence-electron chi connectivity index (χ3n) is 2.66. The van der Waals surface area contributed by atoms with Crippen molar-refractivity contribution >= 4 is 27.7 Å². The highest BCUT2D eigenvalue weighted by atomic mass is 79.9. The van der Waals surface area contributed by atoms with Crippen LogP contribution in [0.2, 0.25) is 0 Å². The van der Waals surface area contributed by atoms with Gasteiger partial charge < -0.3 is 0 Å². The van der Waals surface area contributed by atoms with Gasteiger partial charge in [-0.15, -0.1) is 0 Å². The number of halogens is 1. The van der Waals surface area contributed by atoms with E-state index in [2.05, 4.69) is 59.3 Å². The highest BCUT2D eigenvalue weighted by Gasteiger charge is 2.20. The smallest absolute Gasteiger partial charge is 0.0207 e. The lowest BCUT2D eigenvalue weighted by molar-refractivity contribution is 1.26. The Morgan fingerprint density at radius 1 is 1.00 bits per heavy atom. The molecule has 2 aliphatic carbocycles. The molecular weight excluding hydrogens is 268 g/mol. The summed E-state index contributed by atoms with van der Waals surface area (Å²) in [6.45, 7) is 2.16. The van der Waals surface area contributed by atoms with Crippen LogP contribution < -0.4 is 0 Å². The zero-order chi connectivity index (χ0) is 10.4. The fraction of sp³-hybridized carbons (Fsp3) is 0.0769. The van der Waals surface area contributed by atoms with Crippen LogP contribution in [-0.2, 0) is 0 Å². The molecule has 74 valence electrons. The van der Waals surface area contributed by atoms with Gasteiger partial charge in [0.1, 0.15) is 0 Å². The second-order valence-corrected chi connectivity index (χ2v) is 5.75. The van der Waals surface area contributed by atoms with Crippen molar-refractivity contribution in [1.29, 1.82) is 0 Å². The van der Waals surface area contributed by atoms with Crippen molar-refractivity contribution in [3.05, 3.63) is 46.4 Å². The van der Waals surface area contributed by atoms with Crippen LogP contribution in [0.5, 0.6) is 0 Å². The Morgan fingerprint density at radius 2 is 1.73 bits per heavy atom. The van der Waals surface area contributed by atoms with Crippen LogP contribution in [0.3, 0.4) is 0 Å². The first-order chi connectivity index (χ1) is 7.24. The predicted octanol–water partition coefficient (Wildman–Crippen LogP) is 4.89. The summed E-state index contributed by atoms with van der Waals surface area (Å²) in [6.07, 6.45) is 0. The molecule has 0 spiro atoms. The molecular formula is C13H9BrS. The van der Waals surface area contributed by atoms with E-state index in [9.17, 15) is 0 Å². The molecule has 0 heterocycles. The predicted molar refractivity (Wildman–Crippen MR) is 68.4 cm³/mol. The minimum absolute atomic E-state index is 1.13. The molecule has 0 saturated carbocycles. The first-order valence-corrected chi connectivity index (χ1v) is 6.43. The number of rotatable bonds is 2. The second kappa shape index (κ2) is 3.39. The first kappa shape index (κ1) is 9.49. The molecule has 1 aromatic rings. The van der Waals surface area contributed by atoms with Crippen LogP contribution in [0.15, 0.2) is 50.7 Å². The molecule has 0 N–H and O–H groups in total. The largest absolute Gasteiger partial charge is 0.0894 e. The summed E-state index contributed by atoms with van der Waals surface area (Å²) in [6, 6.07) is 13.0. The fourth-order valence-electron chi connectivity index (χ4n) is 1.75. The number of hydrogen-bond donors (Lipinski definition) is 0. The van der Waals surface area contributed by atoms with E-state index in [1.807, 2.05) is 11.8 Å². The van der Waals surface area contributed by atoms with E-state index < -0.39 is 0 Å². The maximum Gasteiger partial charge on any atom is 0.0207 e. The minimum atomic E-state index is 1.13. The van der Waals surface area contributed by atoms with Gasteiger partial charge in [-0.3, -0.25) is 0 Å². The maximum absolute atomic E-state index is 3.44. The van der Waals surface area contributed by atoms with E-state index >= 15 is 0 Å². The Kier molecular flexibility index (Phi) is 2.15. The normalized spacial score (nSPS) is 11.6. The highest BCUT2D eigenvalue weighted by molar-refractivity contribution is 9.10. The maximum atomic E-state index is 3.44. The summed E-state index contributed by atoms with van der Waals surface area (Å²) in [4.78, 5) is 2.70. The third-order valence-corrected chi connectivity index (χ3v) is 4.25. The van der Waals surface area contributed by atoms with Gasteiger partial charge in [-0.05, 0) is 60.0 Å². The first-order valence-electron chi connectivity index (χ1n) is 4.82. The van der Waals surface area contributed by atoms with Crippen LogP contribution in [0, 0.1) is 6.92 Å². The summed E-state index contributed by atoms with van der Waals surface area (Å²) < 4.78 is 1.13. The lowest BCUT2D eigenvalue weighted by Crippen LogP contribution is -1.99. The molecule has 0 aliphatic heterocycles. The molecule has 0 amide bonds. The van der Waals surface area contributed by atoms with Crippen molar-refractivity contribution in [2.24, 2.45) is 0 Å². The number of benzene rings is 2. The molecule has 2 aliphatic rings. The SMILES string of the molecule is Cc1cc2c(Sc3ccc(Br)cc3)cc1-2. The zero-order valence-electron chi connectivity index (χ0n) is 8.25. The third kappa shape index (κ3) is 1.52. The van der Waals surface area contributed by atoms with Crippen LogP contribution in [0.1, 0.15) is 5.56 Å². The number of fused-ring (bicyclic) bond motifs is 1. The molecule has 3 rings (SSSR count).